The SMILES string of the molecule is CC1(C)C(Nc2ccc(C(=O)O)c(N)c2)C1(C)C. The first-order chi connectivity index (χ1) is 8.18. The molecule has 1 aliphatic carbocycles. The first kappa shape index (κ1) is 12.7. The molecular weight excluding hydrogens is 228 g/mol. The quantitative estimate of drug-likeness (QED) is 0.719. The Morgan fingerprint density at radius 1 is 1.28 bits per heavy atom. The van der Waals surface area contributed by atoms with Gasteiger partial charge in [-0.15, -0.1) is 0 Å². The van der Waals surface area contributed by atoms with Crippen molar-refractivity contribution in [3.05, 3.63) is 23.8 Å². The Hall–Kier alpha value is -1.71. The van der Waals surface area contributed by atoms with Gasteiger partial charge in [-0.1, -0.05) is 27.7 Å². The third-order valence-corrected chi connectivity index (χ3v) is 4.61. The maximum absolute atomic E-state index is 10.9. The Morgan fingerprint density at radius 3 is 2.22 bits per heavy atom. The van der Waals surface area contributed by atoms with E-state index in [0.29, 0.717) is 11.7 Å². The number of aromatic carboxylic acids is 1. The summed E-state index contributed by atoms with van der Waals surface area (Å²) in [6.07, 6.45) is 0. The standard InChI is InChI=1S/C14H20N2O2/c1-13(2)12(14(13,3)4)16-8-5-6-9(11(17)18)10(15)7-8/h5-7,12,16H,15H2,1-4H3,(H,17,18). The van der Waals surface area contributed by atoms with Gasteiger partial charge in [-0.2, -0.15) is 0 Å². The highest BCUT2D eigenvalue weighted by Gasteiger charge is 2.64. The van der Waals surface area contributed by atoms with Crippen LogP contribution in [0.15, 0.2) is 18.2 Å². The summed E-state index contributed by atoms with van der Waals surface area (Å²) in [5.41, 5.74) is 7.51. The molecule has 0 spiro atoms. The molecule has 1 aromatic carbocycles. The molecular formula is C14H20N2O2. The van der Waals surface area contributed by atoms with Crippen LogP contribution in [-0.4, -0.2) is 17.1 Å². The molecule has 1 saturated carbocycles. The van der Waals surface area contributed by atoms with Crippen molar-refractivity contribution in [3.63, 3.8) is 0 Å². The lowest BCUT2D eigenvalue weighted by atomic mass is 10.0. The van der Waals surface area contributed by atoms with Crippen molar-refractivity contribution >= 4 is 17.3 Å². The van der Waals surface area contributed by atoms with Crippen LogP contribution in [0.5, 0.6) is 0 Å². The predicted octanol–water partition coefficient (Wildman–Crippen LogP) is 2.81. The molecule has 0 bridgehead atoms. The molecule has 18 heavy (non-hydrogen) atoms. The molecule has 0 aliphatic heterocycles. The van der Waals surface area contributed by atoms with Crippen molar-refractivity contribution in [2.75, 3.05) is 11.1 Å². The summed E-state index contributed by atoms with van der Waals surface area (Å²) in [5.74, 6) is -0.994. The summed E-state index contributed by atoms with van der Waals surface area (Å²) >= 11 is 0. The molecule has 0 aromatic heterocycles. The van der Waals surface area contributed by atoms with Gasteiger partial charge in [0, 0.05) is 17.4 Å². The highest BCUT2D eigenvalue weighted by atomic mass is 16.4. The predicted molar refractivity (Wildman–Crippen MR) is 72.8 cm³/mol. The maximum Gasteiger partial charge on any atom is 0.337 e. The third kappa shape index (κ3) is 1.72. The molecule has 0 saturated heterocycles. The first-order valence-corrected chi connectivity index (χ1v) is 6.07. The second-order valence-corrected chi connectivity index (χ2v) is 6.13. The molecule has 1 aromatic rings. The summed E-state index contributed by atoms with van der Waals surface area (Å²) in [7, 11) is 0. The minimum Gasteiger partial charge on any atom is -0.478 e. The number of nitrogen functional groups attached to an aromatic ring is 1. The van der Waals surface area contributed by atoms with Crippen molar-refractivity contribution in [1.29, 1.82) is 0 Å². The monoisotopic (exact) mass is 248 g/mol. The van der Waals surface area contributed by atoms with E-state index >= 15 is 0 Å². The number of rotatable bonds is 3. The van der Waals surface area contributed by atoms with Crippen molar-refractivity contribution < 1.29 is 9.90 Å². The van der Waals surface area contributed by atoms with E-state index in [-0.39, 0.29) is 16.4 Å². The zero-order chi connectivity index (χ0) is 13.7. The van der Waals surface area contributed by atoms with E-state index in [1.54, 1.807) is 18.2 Å². The highest BCUT2D eigenvalue weighted by Crippen LogP contribution is 2.63. The Labute approximate surface area is 107 Å². The second kappa shape index (κ2) is 3.64. The summed E-state index contributed by atoms with van der Waals surface area (Å²) in [4.78, 5) is 10.9. The van der Waals surface area contributed by atoms with Crippen LogP contribution in [0.25, 0.3) is 0 Å². The van der Waals surface area contributed by atoms with E-state index in [1.165, 1.54) is 0 Å². The lowest BCUT2D eigenvalue weighted by Gasteiger charge is -2.10. The number of carboxylic acids is 1. The Bertz CT molecular complexity index is 493. The van der Waals surface area contributed by atoms with Gasteiger partial charge in [0.1, 0.15) is 0 Å². The number of nitrogens with one attached hydrogen (secondary N) is 1. The molecule has 0 unspecified atom stereocenters. The Balaban J connectivity index is 2.18. The molecule has 4 nitrogen and oxygen atoms in total. The summed E-state index contributed by atoms with van der Waals surface area (Å²) in [6, 6.07) is 5.38. The highest BCUT2D eigenvalue weighted by molar-refractivity contribution is 5.94. The van der Waals surface area contributed by atoms with E-state index in [1.807, 2.05) is 0 Å². The summed E-state index contributed by atoms with van der Waals surface area (Å²) in [5, 5.41) is 12.3. The molecule has 1 fully saturated rings. The smallest absolute Gasteiger partial charge is 0.337 e. The molecule has 1 aliphatic rings. The van der Waals surface area contributed by atoms with Gasteiger partial charge in [0.05, 0.1) is 5.56 Å². The van der Waals surface area contributed by atoms with Gasteiger partial charge in [-0.05, 0) is 29.0 Å². The Morgan fingerprint density at radius 2 is 1.83 bits per heavy atom. The zero-order valence-corrected chi connectivity index (χ0v) is 11.2. The van der Waals surface area contributed by atoms with Gasteiger partial charge in [0.25, 0.3) is 0 Å². The third-order valence-electron chi connectivity index (χ3n) is 4.61. The molecule has 0 radical (unpaired) electrons. The lowest BCUT2D eigenvalue weighted by molar-refractivity contribution is 0.0698. The molecule has 0 amide bonds. The van der Waals surface area contributed by atoms with E-state index < -0.39 is 5.97 Å². The second-order valence-electron chi connectivity index (χ2n) is 6.13. The number of carbonyl (C=O) groups is 1. The topological polar surface area (TPSA) is 75.3 Å². The lowest BCUT2D eigenvalue weighted by Crippen LogP contribution is -2.11. The maximum atomic E-state index is 10.9. The average molecular weight is 248 g/mol. The molecule has 4 heteroatoms. The van der Waals surface area contributed by atoms with Crippen molar-refractivity contribution in [2.24, 2.45) is 10.8 Å². The number of hydrogen-bond acceptors (Lipinski definition) is 3. The molecule has 4 N–H and O–H groups in total. The number of carboxylic acid groups (broad SMARTS) is 1. The van der Waals surface area contributed by atoms with Crippen LogP contribution in [0.3, 0.4) is 0 Å². The van der Waals surface area contributed by atoms with Gasteiger partial charge in [-0.25, -0.2) is 4.79 Å². The normalized spacial score (nSPS) is 20.4. The molecule has 2 rings (SSSR count). The Kier molecular flexibility index (Phi) is 2.58. The van der Waals surface area contributed by atoms with E-state index in [4.69, 9.17) is 10.8 Å². The van der Waals surface area contributed by atoms with Crippen LogP contribution < -0.4 is 11.1 Å². The van der Waals surface area contributed by atoms with Crippen LogP contribution in [0.4, 0.5) is 11.4 Å². The zero-order valence-electron chi connectivity index (χ0n) is 11.2. The van der Waals surface area contributed by atoms with E-state index in [2.05, 4.69) is 33.0 Å². The van der Waals surface area contributed by atoms with Crippen LogP contribution in [-0.2, 0) is 0 Å². The average Bonchev–Trinajstić information content (AvgIpc) is 2.60. The molecule has 0 atom stereocenters. The van der Waals surface area contributed by atoms with Crippen molar-refractivity contribution in [3.8, 4) is 0 Å². The van der Waals surface area contributed by atoms with Gasteiger partial charge in [-0.3, -0.25) is 0 Å². The summed E-state index contributed by atoms with van der Waals surface area (Å²) < 4.78 is 0. The van der Waals surface area contributed by atoms with Crippen molar-refractivity contribution in [1.82, 2.24) is 0 Å². The summed E-state index contributed by atoms with van der Waals surface area (Å²) in [6.45, 7) is 8.89. The van der Waals surface area contributed by atoms with Gasteiger partial charge in [0.2, 0.25) is 0 Å². The van der Waals surface area contributed by atoms with E-state index in [9.17, 15) is 4.79 Å². The van der Waals surface area contributed by atoms with Crippen LogP contribution in [0.2, 0.25) is 0 Å². The number of anilines is 2. The van der Waals surface area contributed by atoms with Gasteiger partial charge >= 0.3 is 5.97 Å². The van der Waals surface area contributed by atoms with Crippen LogP contribution >= 0.6 is 0 Å². The largest absolute Gasteiger partial charge is 0.478 e. The number of hydrogen-bond donors (Lipinski definition) is 3. The first-order valence-electron chi connectivity index (χ1n) is 6.07. The fourth-order valence-electron chi connectivity index (χ4n) is 2.57. The minimum atomic E-state index is -0.994. The van der Waals surface area contributed by atoms with Crippen LogP contribution in [0, 0.1) is 10.8 Å². The van der Waals surface area contributed by atoms with Crippen molar-refractivity contribution in [2.45, 2.75) is 33.7 Å². The number of nitrogens with two attached hydrogens (primary N) is 1. The molecule has 0 heterocycles. The number of benzene rings is 1. The fourth-order valence-corrected chi connectivity index (χ4v) is 2.57. The van der Waals surface area contributed by atoms with Gasteiger partial charge < -0.3 is 16.2 Å². The minimum absolute atomic E-state index is 0.148. The fraction of sp³-hybridized carbons (Fsp3) is 0.500. The van der Waals surface area contributed by atoms with Crippen LogP contribution in [0.1, 0.15) is 38.1 Å². The van der Waals surface area contributed by atoms with E-state index in [0.717, 1.165) is 5.69 Å². The van der Waals surface area contributed by atoms with Gasteiger partial charge in [0.15, 0.2) is 0 Å². The molecule has 98 valence electrons.